The Kier molecular flexibility index (Phi) is 3.85. The molecule has 0 bridgehead atoms. The van der Waals surface area contributed by atoms with Crippen LogP contribution in [0.2, 0.25) is 0 Å². The highest BCUT2D eigenvalue weighted by Gasteiger charge is 2.16. The molecule has 0 amide bonds. The number of nitriles is 1. The second kappa shape index (κ2) is 5.57. The summed E-state index contributed by atoms with van der Waals surface area (Å²) in [4.78, 5) is 11.4. The minimum atomic E-state index is -0.290. The van der Waals surface area contributed by atoms with Gasteiger partial charge in [-0.2, -0.15) is 10.4 Å². The minimum Gasteiger partial charge on any atom is -0.469 e. The first-order valence-corrected chi connectivity index (χ1v) is 6.19. The Bertz CT molecular complexity index is 696. The fraction of sp³-hybridized carbons (Fsp3) is 0.267. The Morgan fingerprint density at radius 2 is 2.20 bits per heavy atom. The molecule has 5 nitrogen and oxygen atoms in total. The van der Waals surface area contributed by atoms with Gasteiger partial charge in [0.25, 0.3) is 0 Å². The number of aromatic nitrogens is 2. The third-order valence-electron chi connectivity index (χ3n) is 3.21. The van der Waals surface area contributed by atoms with Crippen LogP contribution in [0.15, 0.2) is 24.3 Å². The average molecular weight is 269 g/mol. The highest BCUT2D eigenvalue weighted by atomic mass is 16.5. The highest BCUT2D eigenvalue weighted by Crippen LogP contribution is 2.19. The van der Waals surface area contributed by atoms with Gasteiger partial charge < -0.3 is 4.74 Å². The Balaban J connectivity index is 2.46. The zero-order chi connectivity index (χ0) is 14.7. The van der Waals surface area contributed by atoms with Gasteiger partial charge in [0, 0.05) is 11.3 Å². The fourth-order valence-electron chi connectivity index (χ4n) is 2.11. The molecule has 1 aromatic carbocycles. The summed E-state index contributed by atoms with van der Waals surface area (Å²) in [5, 5.41) is 13.4. The molecule has 1 heterocycles. The lowest BCUT2D eigenvalue weighted by molar-refractivity contribution is -0.139. The van der Waals surface area contributed by atoms with E-state index >= 15 is 0 Å². The van der Waals surface area contributed by atoms with E-state index in [0.29, 0.717) is 5.56 Å². The van der Waals surface area contributed by atoms with Crippen LogP contribution >= 0.6 is 0 Å². The Hall–Kier alpha value is -2.61. The zero-order valence-corrected chi connectivity index (χ0v) is 11.7. The number of aryl methyl sites for hydroxylation is 1. The Labute approximate surface area is 117 Å². The van der Waals surface area contributed by atoms with Crippen molar-refractivity contribution in [3.05, 3.63) is 46.8 Å². The van der Waals surface area contributed by atoms with Gasteiger partial charge in [-0.05, 0) is 32.0 Å². The summed E-state index contributed by atoms with van der Waals surface area (Å²) in [5.41, 5.74) is 3.91. The van der Waals surface area contributed by atoms with Gasteiger partial charge in [0.2, 0.25) is 0 Å². The monoisotopic (exact) mass is 269 g/mol. The van der Waals surface area contributed by atoms with Gasteiger partial charge in [-0.1, -0.05) is 6.07 Å². The van der Waals surface area contributed by atoms with Crippen LogP contribution in [-0.4, -0.2) is 22.9 Å². The van der Waals surface area contributed by atoms with E-state index in [-0.39, 0.29) is 12.4 Å². The van der Waals surface area contributed by atoms with Crippen LogP contribution in [0.5, 0.6) is 0 Å². The molecule has 0 aliphatic rings. The molecule has 5 heteroatoms. The number of rotatable bonds is 3. The normalized spacial score (nSPS) is 10.1. The zero-order valence-electron chi connectivity index (χ0n) is 11.7. The summed E-state index contributed by atoms with van der Waals surface area (Å²) >= 11 is 0. The van der Waals surface area contributed by atoms with E-state index in [2.05, 4.69) is 11.2 Å². The minimum absolute atomic E-state index is 0.201. The van der Waals surface area contributed by atoms with Gasteiger partial charge in [0.15, 0.2) is 0 Å². The second-order valence-corrected chi connectivity index (χ2v) is 4.48. The lowest BCUT2D eigenvalue weighted by Crippen LogP contribution is -2.06. The molecule has 102 valence electrons. The standard InChI is InChI=1S/C15H15N3O2/c1-10-14(8-15(19)20-3)11(2)18(17-10)13-6-4-5-12(7-13)9-16/h4-7H,8H2,1-3H3. The van der Waals surface area contributed by atoms with Crippen LogP contribution in [-0.2, 0) is 16.0 Å². The van der Waals surface area contributed by atoms with E-state index in [9.17, 15) is 4.79 Å². The molecule has 1 aromatic heterocycles. The maximum atomic E-state index is 11.4. The number of benzene rings is 1. The van der Waals surface area contributed by atoms with Crippen LogP contribution in [0.3, 0.4) is 0 Å². The summed E-state index contributed by atoms with van der Waals surface area (Å²) < 4.78 is 6.44. The number of carbonyl (C=O) groups is 1. The molecular weight excluding hydrogens is 254 g/mol. The van der Waals surface area contributed by atoms with Gasteiger partial charge in [-0.3, -0.25) is 4.79 Å². The number of hydrogen-bond acceptors (Lipinski definition) is 4. The predicted molar refractivity (Wildman–Crippen MR) is 73.5 cm³/mol. The molecule has 0 radical (unpaired) electrons. The van der Waals surface area contributed by atoms with Gasteiger partial charge in [-0.25, -0.2) is 4.68 Å². The molecule has 0 saturated carbocycles. The highest BCUT2D eigenvalue weighted by molar-refractivity contribution is 5.73. The van der Waals surface area contributed by atoms with Crippen LogP contribution in [0, 0.1) is 25.2 Å². The lowest BCUT2D eigenvalue weighted by atomic mass is 10.1. The van der Waals surface area contributed by atoms with Gasteiger partial charge in [-0.15, -0.1) is 0 Å². The van der Waals surface area contributed by atoms with Crippen molar-refractivity contribution in [2.75, 3.05) is 7.11 Å². The first-order valence-electron chi connectivity index (χ1n) is 6.19. The fourth-order valence-corrected chi connectivity index (χ4v) is 2.11. The number of ether oxygens (including phenoxy) is 1. The summed E-state index contributed by atoms with van der Waals surface area (Å²) in [6, 6.07) is 9.30. The summed E-state index contributed by atoms with van der Waals surface area (Å²) in [7, 11) is 1.37. The van der Waals surface area contributed by atoms with Crippen molar-refractivity contribution in [2.24, 2.45) is 0 Å². The largest absolute Gasteiger partial charge is 0.469 e. The van der Waals surface area contributed by atoms with E-state index in [0.717, 1.165) is 22.6 Å². The number of esters is 1. The third kappa shape index (κ3) is 2.54. The maximum absolute atomic E-state index is 11.4. The molecule has 0 saturated heterocycles. The summed E-state index contributed by atoms with van der Waals surface area (Å²) in [6.07, 6.45) is 0.201. The predicted octanol–water partition coefficient (Wildman–Crippen LogP) is 2.08. The van der Waals surface area contributed by atoms with Crippen molar-refractivity contribution in [1.29, 1.82) is 5.26 Å². The topological polar surface area (TPSA) is 67.9 Å². The SMILES string of the molecule is COC(=O)Cc1c(C)nn(-c2cccc(C#N)c2)c1C. The Morgan fingerprint density at radius 3 is 2.85 bits per heavy atom. The summed E-state index contributed by atoms with van der Waals surface area (Å²) in [6.45, 7) is 3.76. The first kappa shape index (κ1) is 13.8. The van der Waals surface area contributed by atoms with E-state index in [1.807, 2.05) is 26.0 Å². The maximum Gasteiger partial charge on any atom is 0.310 e. The van der Waals surface area contributed by atoms with Crippen molar-refractivity contribution in [2.45, 2.75) is 20.3 Å². The molecule has 20 heavy (non-hydrogen) atoms. The number of hydrogen-bond donors (Lipinski definition) is 0. The molecule has 0 fully saturated rings. The lowest BCUT2D eigenvalue weighted by Gasteiger charge is -2.05. The van der Waals surface area contributed by atoms with E-state index in [1.165, 1.54) is 7.11 Å². The molecule has 2 aromatic rings. The smallest absolute Gasteiger partial charge is 0.310 e. The number of carbonyl (C=O) groups excluding carboxylic acids is 1. The second-order valence-electron chi connectivity index (χ2n) is 4.48. The van der Waals surface area contributed by atoms with Crippen molar-refractivity contribution in [3.8, 4) is 11.8 Å². The summed E-state index contributed by atoms with van der Waals surface area (Å²) in [5.74, 6) is -0.290. The van der Waals surface area contributed by atoms with Crippen LogP contribution in [0.25, 0.3) is 5.69 Å². The van der Waals surface area contributed by atoms with E-state index in [1.54, 1.807) is 16.8 Å². The van der Waals surface area contributed by atoms with E-state index in [4.69, 9.17) is 10.00 Å². The third-order valence-corrected chi connectivity index (χ3v) is 3.21. The van der Waals surface area contributed by atoms with E-state index < -0.39 is 0 Å². The van der Waals surface area contributed by atoms with Crippen LogP contribution in [0.1, 0.15) is 22.5 Å². The van der Waals surface area contributed by atoms with Crippen LogP contribution < -0.4 is 0 Å². The van der Waals surface area contributed by atoms with Gasteiger partial charge >= 0.3 is 5.97 Å². The van der Waals surface area contributed by atoms with Crippen molar-refractivity contribution in [1.82, 2.24) is 9.78 Å². The first-order chi connectivity index (χ1) is 9.56. The van der Waals surface area contributed by atoms with Crippen LogP contribution in [0.4, 0.5) is 0 Å². The quantitative estimate of drug-likeness (QED) is 0.800. The molecule has 0 unspecified atom stereocenters. The Morgan fingerprint density at radius 1 is 1.45 bits per heavy atom. The van der Waals surface area contributed by atoms with Crippen molar-refractivity contribution in [3.63, 3.8) is 0 Å². The molecule has 0 N–H and O–H groups in total. The number of nitrogens with zero attached hydrogens (tertiary/aromatic N) is 3. The van der Waals surface area contributed by atoms with Gasteiger partial charge in [0.1, 0.15) is 0 Å². The molecular formula is C15H15N3O2. The molecule has 2 rings (SSSR count). The molecule has 0 atom stereocenters. The molecule has 0 aliphatic carbocycles. The van der Waals surface area contributed by atoms with Crippen molar-refractivity contribution >= 4 is 5.97 Å². The average Bonchev–Trinajstić information content (AvgIpc) is 2.75. The van der Waals surface area contributed by atoms with Gasteiger partial charge in [0.05, 0.1) is 36.5 Å². The molecule has 0 spiro atoms. The number of methoxy groups -OCH3 is 1. The molecule has 0 aliphatic heterocycles. The van der Waals surface area contributed by atoms with Crippen molar-refractivity contribution < 1.29 is 9.53 Å².